The number of rotatable bonds is 4. The number of ether oxygens (including phenoxy) is 1. The van der Waals surface area contributed by atoms with E-state index in [0.29, 0.717) is 0 Å². The molecule has 0 saturated carbocycles. The predicted molar refractivity (Wildman–Crippen MR) is 74.6 cm³/mol. The number of carbonyl (C=O) groups is 1. The topological polar surface area (TPSA) is 26.3 Å². The second-order valence-corrected chi connectivity index (χ2v) is 16.8. The van der Waals surface area contributed by atoms with E-state index in [1.54, 1.807) is 0 Å². The number of esters is 1. The van der Waals surface area contributed by atoms with Crippen LogP contribution in [0.15, 0.2) is 35.9 Å². The molecule has 1 rings (SSSR count). The van der Waals surface area contributed by atoms with Crippen LogP contribution in [0.1, 0.15) is 5.56 Å². The maximum atomic E-state index is 11.7. The van der Waals surface area contributed by atoms with E-state index >= 15 is 0 Å². The third-order valence-electron chi connectivity index (χ3n) is 2.31. The van der Waals surface area contributed by atoms with Gasteiger partial charge in [-0.1, -0.05) is 0 Å². The Morgan fingerprint density at radius 2 is 1.82 bits per heavy atom. The van der Waals surface area contributed by atoms with Gasteiger partial charge in [0.15, 0.2) is 0 Å². The summed E-state index contributed by atoms with van der Waals surface area (Å²) in [5, 5.41) is 0.890. The van der Waals surface area contributed by atoms with Gasteiger partial charge in [-0.3, -0.25) is 0 Å². The van der Waals surface area contributed by atoms with E-state index in [0.717, 1.165) is 16.4 Å². The molecule has 1 aromatic rings. The summed E-state index contributed by atoms with van der Waals surface area (Å²) in [6, 6.07) is 9.91. The first-order valence-electron chi connectivity index (χ1n) is 5.76. The molecule has 2 nitrogen and oxygen atoms in total. The Labute approximate surface area is 106 Å². The summed E-state index contributed by atoms with van der Waals surface area (Å²) < 4.78 is 4.85. The van der Waals surface area contributed by atoms with Crippen molar-refractivity contribution >= 4 is 25.3 Å². The molecule has 0 spiro atoms. The van der Waals surface area contributed by atoms with Crippen LogP contribution in [0.4, 0.5) is 0 Å². The maximum absolute atomic E-state index is 11.7. The van der Waals surface area contributed by atoms with Crippen LogP contribution in [0.3, 0.4) is 0 Å². The summed E-state index contributed by atoms with van der Waals surface area (Å²) >= 11 is -1.81. The minimum atomic E-state index is -1.81. The normalized spacial score (nSPS) is 12.4. The number of carbonyl (C=O) groups excluding carboxylic acids is 1. The Bertz CT molecular complexity index is 402. The molecular formula is C14H20GeO2. The van der Waals surface area contributed by atoms with Gasteiger partial charge in [0, 0.05) is 0 Å². The second kappa shape index (κ2) is 6.05. The van der Waals surface area contributed by atoms with Crippen LogP contribution >= 0.6 is 0 Å². The third-order valence-corrected chi connectivity index (χ3v) is 5.33. The van der Waals surface area contributed by atoms with Crippen molar-refractivity contribution in [3.63, 3.8) is 0 Å². The first-order valence-corrected chi connectivity index (χ1v) is 13.5. The van der Waals surface area contributed by atoms with Crippen molar-refractivity contribution in [2.24, 2.45) is 0 Å². The fourth-order valence-corrected chi connectivity index (χ4v) is 4.55. The van der Waals surface area contributed by atoms with Crippen molar-refractivity contribution in [3.05, 3.63) is 41.5 Å². The van der Waals surface area contributed by atoms with Gasteiger partial charge in [0.25, 0.3) is 0 Å². The molecule has 0 unspecified atom stereocenters. The molecule has 0 saturated heterocycles. The van der Waals surface area contributed by atoms with Gasteiger partial charge in [0.05, 0.1) is 0 Å². The summed E-state index contributed by atoms with van der Waals surface area (Å²) in [6.07, 6.45) is 1.95. The van der Waals surface area contributed by atoms with Gasteiger partial charge in [-0.05, 0) is 0 Å². The SMILES string of the molecule is COC(=O)/C(=C/c1ccccc1)[CH2][Ge]([CH3])([CH3])[CH3]. The Hall–Kier alpha value is -1.03. The molecule has 0 heterocycles. The Balaban J connectivity index is 2.99. The van der Waals surface area contributed by atoms with Crippen molar-refractivity contribution in [2.45, 2.75) is 22.5 Å². The molecule has 1 aromatic carbocycles. The van der Waals surface area contributed by atoms with Gasteiger partial charge < -0.3 is 0 Å². The van der Waals surface area contributed by atoms with E-state index in [-0.39, 0.29) is 5.97 Å². The van der Waals surface area contributed by atoms with Crippen LogP contribution in [0.5, 0.6) is 0 Å². The van der Waals surface area contributed by atoms with Crippen molar-refractivity contribution in [1.82, 2.24) is 0 Å². The zero-order valence-electron chi connectivity index (χ0n) is 11.0. The number of hydrogen-bond acceptors (Lipinski definition) is 2. The van der Waals surface area contributed by atoms with Gasteiger partial charge in [-0.25, -0.2) is 0 Å². The Morgan fingerprint density at radius 1 is 1.24 bits per heavy atom. The molecule has 0 aromatic heterocycles. The van der Waals surface area contributed by atoms with E-state index in [9.17, 15) is 4.79 Å². The van der Waals surface area contributed by atoms with Gasteiger partial charge in [0.2, 0.25) is 0 Å². The van der Waals surface area contributed by atoms with Crippen LogP contribution in [0.25, 0.3) is 6.08 Å². The number of hydrogen-bond donors (Lipinski definition) is 0. The number of benzene rings is 1. The van der Waals surface area contributed by atoms with Crippen molar-refractivity contribution < 1.29 is 9.53 Å². The first kappa shape index (κ1) is 14.0. The summed E-state index contributed by atoms with van der Waals surface area (Å²) in [7, 11) is 1.44. The molecule has 0 aliphatic rings. The molecule has 0 fully saturated rings. The van der Waals surface area contributed by atoms with E-state index < -0.39 is 13.3 Å². The fraction of sp³-hybridized carbons (Fsp3) is 0.357. The average molecular weight is 293 g/mol. The quantitative estimate of drug-likeness (QED) is 0.482. The van der Waals surface area contributed by atoms with E-state index in [1.807, 2.05) is 36.4 Å². The summed E-state index contributed by atoms with van der Waals surface area (Å²) in [5.41, 5.74) is 1.85. The Kier molecular flexibility index (Phi) is 5.00. The van der Waals surface area contributed by atoms with Crippen molar-refractivity contribution in [1.29, 1.82) is 0 Å². The van der Waals surface area contributed by atoms with Crippen LogP contribution in [0.2, 0.25) is 22.5 Å². The Morgan fingerprint density at radius 3 is 2.29 bits per heavy atom. The molecule has 0 aliphatic carbocycles. The summed E-state index contributed by atoms with van der Waals surface area (Å²) in [4.78, 5) is 11.7. The predicted octanol–water partition coefficient (Wildman–Crippen LogP) is 3.58. The number of methoxy groups -OCH3 is 1. The fourth-order valence-electron chi connectivity index (χ4n) is 1.64. The second-order valence-electron chi connectivity index (χ2n) is 5.31. The zero-order chi connectivity index (χ0) is 12.9. The molecular weight excluding hydrogens is 273 g/mol. The minimum absolute atomic E-state index is 0.200. The van der Waals surface area contributed by atoms with Gasteiger partial charge in [0.1, 0.15) is 0 Å². The van der Waals surface area contributed by atoms with Crippen molar-refractivity contribution in [3.8, 4) is 0 Å². The molecule has 0 bridgehead atoms. The third kappa shape index (κ3) is 5.22. The van der Waals surface area contributed by atoms with Gasteiger partial charge >= 0.3 is 106 Å². The van der Waals surface area contributed by atoms with Gasteiger partial charge in [-0.2, -0.15) is 0 Å². The molecule has 0 amide bonds. The zero-order valence-corrected chi connectivity index (χ0v) is 13.1. The molecule has 92 valence electrons. The van der Waals surface area contributed by atoms with E-state index in [4.69, 9.17) is 4.74 Å². The molecule has 0 N–H and O–H groups in total. The van der Waals surface area contributed by atoms with Crippen LogP contribution in [0, 0.1) is 0 Å². The van der Waals surface area contributed by atoms with Crippen LogP contribution in [-0.2, 0) is 9.53 Å². The summed E-state index contributed by atoms with van der Waals surface area (Å²) in [5.74, 6) is 6.68. The molecule has 0 radical (unpaired) electrons. The van der Waals surface area contributed by atoms with Crippen LogP contribution < -0.4 is 0 Å². The standard InChI is InChI=1S/C14H20GeO2/c1-15(2,3)11-13(14(16)17-4)10-12-8-6-5-7-9-12/h5-10H,11H2,1-4H3/b13-10+. The monoisotopic (exact) mass is 294 g/mol. The van der Waals surface area contributed by atoms with E-state index in [2.05, 4.69) is 17.3 Å². The summed E-state index contributed by atoms with van der Waals surface area (Å²) in [6.45, 7) is 0. The van der Waals surface area contributed by atoms with E-state index in [1.165, 1.54) is 7.11 Å². The molecule has 3 heteroatoms. The molecule has 17 heavy (non-hydrogen) atoms. The molecule has 0 atom stereocenters. The van der Waals surface area contributed by atoms with Crippen molar-refractivity contribution in [2.75, 3.05) is 7.11 Å². The van der Waals surface area contributed by atoms with Gasteiger partial charge in [-0.15, -0.1) is 0 Å². The first-order chi connectivity index (χ1) is 7.92. The average Bonchev–Trinajstić information content (AvgIpc) is 2.27. The molecule has 0 aliphatic heterocycles. The van der Waals surface area contributed by atoms with Crippen LogP contribution in [-0.4, -0.2) is 26.3 Å².